The van der Waals surface area contributed by atoms with E-state index in [0.717, 1.165) is 32.5 Å². The molecule has 0 radical (unpaired) electrons. The summed E-state index contributed by atoms with van der Waals surface area (Å²) in [5, 5.41) is 8.74. The molecule has 1 aromatic rings. The predicted octanol–water partition coefficient (Wildman–Crippen LogP) is 2.20. The van der Waals surface area contributed by atoms with Crippen molar-refractivity contribution >= 4 is 5.97 Å². The molecule has 0 aliphatic carbocycles. The van der Waals surface area contributed by atoms with Crippen molar-refractivity contribution in [3.05, 3.63) is 30.1 Å². The van der Waals surface area contributed by atoms with Gasteiger partial charge in [-0.3, -0.25) is 9.78 Å². The van der Waals surface area contributed by atoms with Crippen LogP contribution in [0.1, 0.15) is 31.2 Å². The summed E-state index contributed by atoms with van der Waals surface area (Å²) in [7, 11) is 0. The van der Waals surface area contributed by atoms with Crippen molar-refractivity contribution < 1.29 is 9.90 Å². The number of pyridine rings is 1. The van der Waals surface area contributed by atoms with Crippen molar-refractivity contribution in [2.45, 2.75) is 32.1 Å². The average molecular weight is 262 g/mol. The van der Waals surface area contributed by atoms with Crippen LogP contribution in [0, 0.1) is 5.92 Å². The molecule has 0 saturated carbocycles. The predicted molar refractivity (Wildman–Crippen MR) is 74.0 cm³/mol. The number of carbonyl (C=O) groups is 1. The number of hydrogen-bond acceptors (Lipinski definition) is 3. The van der Waals surface area contributed by atoms with Crippen LogP contribution in [-0.2, 0) is 11.2 Å². The summed E-state index contributed by atoms with van der Waals surface area (Å²) in [5.41, 5.74) is 1.27. The summed E-state index contributed by atoms with van der Waals surface area (Å²) in [6, 6.07) is 4.08. The molecule has 1 N–H and O–H groups in total. The maximum absolute atomic E-state index is 10.6. The van der Waals surface area contributed by atoms with Gasteiger partial charge in [-0.2, -0.15) is 0 Å². The average Bonchev–Trinajstić information content (AvgIpc) is 2.44. The molecule has 4 heteroatoms. The fourth-order valence-electron chi connectivity index (χ4n) is 2.75. The number of hydrogen-bond donors (Lipinski definition) is 1. The summed E-state index contributed by atoms with van der Waals surface area (Å²) in [6.07, 6.45) is 8.24. The highest BCUT2D eigenvalue weighted by atomic mass is 16.4. The normalized spacial score (nSPS) is 20.3. The van der Waals surface area contributed by atoms with Crippen molar-refractivity contribution in [2.24, 2.45) is 5.92 Å². The molecule has 1 aliphatic rings. The van der Waals surface area contributed by atoms with E-state index >= 15 is 0 Å². The molecule has 0 bridgehead atoms. The quantitative estimate of drug-likeness (QED) is 0.854. The first-order chi connectivity index (χ1) is 9.24. The minimum atomic E-state index is -0.674. The zero-order valence-corrected chi connectivity index (χ0v) is 11.3. The lowest BCUT2D eigenvalue weighted by molar-refractivity contribution is -0.137. The second kappa shape index (κ2) is 7.24. The van der Waals surface area contributed by atoms with Crippen LogP contribution in [0.4, 0.5) is 0 Å². The Hall–Kier alpha value is -1.42. The first kappa shape index (κ1) is 14.0. The summed E-state index contributed by atoms with van der Waals surface area (Å²) < 4.78 is 0. The molecule has 0 spiro atoms. The summed E-state index contributed by atoms with van der Waals surface area (Å²) in [6.45, 7) is 3.24. The van der Waals surface area contributed by atoms with Gasteiger partial charge in [0.2, 0.25) is 0 Å². The Morgan fingerprint density at radius 2 is 2.42 bits per heavy atom. The van der Waals surface area contributed by atoms with Gasteiger partial charge in [0.05, 0.1) is 0 Å². The Morgan fingerprint density at radius 1 is 1.53 bits per heavy atom. The molecule has 19 heavy (non-hydrogen) atoms. The Kier molecular flexibility index (Phi) is 5.33. The summed E-state index contributed by atoms with van der Waals surface area (Å²) in [5.74, 6) is -0.119. The Balaban J connectivity index is 1.73. The molecule has 4 nitrogen and oxygen atoms in total. The van der Waals surface area contributed by atoms with Gasteiger partial charge in [0.25, 0.3) is 0 Å². The molecule has 1 aromatic heterocycles. The van der Waals surface area contributed by atoms with Gasteiger partial charge in [0.15, 0.2) is 0 Å². The Bertz CT molecular complexity index is 394. The zero-order valence-electron chi connectivity index (χ0n) is 11.3. The molecule has 2 heterocycles. The number of rotatable bonds is 6. The van der Waals surface area contributed by atoms with Crippen LogP contribution in [0.15, 0.2) is 24.5 Å². The molecule has 0 amide bonds. The molecule has 1 atom stereocenters. The lowest BCUT2D eigenvalue weighted by atomic mass is 9.93. The minimum Gasteiger partial charge on any atom is -0.481 e. The lowest BCUT2D eigenvalue weighted by Gasteiger charge is -2.32. The van der Waals surface area contributed by atoms with Crippen molar-refractivity contribution in [3.8, 4) is 0 Å². The van der Waals surface area contributed by atoms with Crippen LogP contribution in [0.2, 0.25) is 0 Å². The van der Waals surface area contributed by atoms with Crippen LogP contribution in [-0.4, -0.2) is 40.6 Å². The fraction of sp³-hybridized carbons (Fsp3) is 0.600. The van der Waals surface area contributed by atoms with E-state index < -0.39 is 5.97 Å². The van der Waals surface area contributed by atoms with Gasteiger partial charge in [-0.15, -0.1) is 0 Å². The SMILES string of the molecule is O=C(O)CCC1CCCN(CCc2cccnc2)C1. The summed E-state index contributed by atoms with van der Waals surface area (Å²) in [4.78, 5) is 17.2. The van der Waals surface area contributed by atoms with Crippen molar-refractivity contribution in [3.63, 3.8) is 0 Å². The van der Waals surface area contributed by atoms with Crippen LogP contribution in [0.5, 0.6) is 0 Å². The maximum Gasteiger partial charge on any atom is 0.303 e. The summed E-state index contributed by atoms with van der Waals surface area (Å²) >= 11 is 0. The maximum atomic E-state index is 10.6. The van der Waals surface area contributed by atoms with Crippen LogP contribution in [0.3, 0.4) is 0 Å². The zero-order chi connectivity index (χ0) is 13.5. The van der Waals surface area contributed by atoms with Crippen molar-refractivity contribution in [2.75, 3.05) is 19.6 Å². The number of piperidine rings is 1. The van der Waals surface area contributed by atoms with Gasteiger partial charge < -0.3 is 10.0 Å². The van der Waals surface area contributed by atoms with E-state index in [0.29, 0.717) is 12.3 Å². The highest BCUT2D eigenvalue weighted by molar-refractivity contribution is 5.66. The van der Waals surface area contributed by atoms with Crippen LogP contribution < -0.4 is 0 Å². The molecular formula is C15H22N2O2. The third-order valence-corrected chi connectivity index (χ3v) is 3.81. The van der Waals surface area contributed by atoms with E-state index in [4.69, 9.17) is 5.11 Å². The Labute approximate surface area is 114 Å². The number of carboxylic acid groups (broad SMARTS) is 1. The molecule has 0 aromatic carbocycles. The fourth-order valence-corrected chi connectivity index (χ4v) is 2.75. The molecule has 1 saturated heterocycles. The van der Waals surface area contributed by atoms with Crippen LogP contribution in [0.25, 0.3) is 0 Å². The second-order valence-electron chi connectivity index (χ2n) is 5.35. The lowest BCUT2D eigenvalue weighted by Crippen LogP contribution is -2.36. The molecule has 104 valence electrons. The molecule has 1 fully saturated rings. The van der Waals surface area contributed by atoms with E-state index in [9.17, 15) is 4.79 Å². The number of nitrogens with zero attached hydrogens (tertiary/aromatic N) is 2. The van der Waals surface area contributed by atoms with Gasteiger partial charge in [-0.1, -0.05) is 6.07 Å². The minimum absolute atomic E-state index is 0.307. The van der Waals surface area contributed by atoms with Gasteiger partial charge in [-0.05, 0) is 49.8 Å². The van der Waals surface area contributed by atoms with E-state index in [1.165, 1.54) is 18.4 Å². The number of aliphatic carboxylic acids is 1. The second-order valence-corrected chi connectivity index (χ2v) is 5.35. The van der Waals surface area contributed by atoms with Gasteiger partial charge >= 0.3 is 5.97 Å². The largest absolute Gasteiger partial charge is 0.481 e. The molecule has 1 aliphatic heterocycles. The number of likely N-dealkylation sites (tertiary alicyclic amines) is 1. The van der Waals surface area contributed by atoms with E-state index in [1.807, 2.05) is 12.3 Å². The molecule has 1 unspecified atom stereocenters. The first-order valence-corrected chi connectivity index (χ1v) is 7.07. The highest BCUT2D eigenvalue weighted by Gasteiger charge is 2.20. The van der Waals surface area contributed by atoms with Gasteiger partial charge in [0.1, 0.15) is 0 Å². The molecule has 2 rings (SSSR count). The molecular weight excluding hydrogens is 240 g/mol. The third kappa shape index (κ3) is 4.99. The third-order valence-electron chi connectivity index (χ3n) is 3.81. The van der Waals surface area contributed by atoms with Crippen LogP contribution >= 0.6 is 0 Å². The number of carboxylic acids is 1. The Morgan fingerprint density at radius 3 is 3.16 bits per heavy atom. The van der Waals surface area contributed by atoms with E-state index in [-0.39, 0.29) is 0 Å². The number of aromatic nitrogens is 1. The topological polar surface area (TPSA) is 53.4 Å². The monoisotopic (exact) mass is 262 g/mol. The first-order valence-electron chi connectivity index (χ1n) is 7.07. The smallest absolute Gasteiger partial charge is 0.303 e. The van der Waals surface area contributed by atoms with E-state index in [2.05, 4.69) is 16.0 Å². The van der Waals surface area contributed by atoms with Gasteiger partial charge in [-0.25, -0.2) is 0 Å². The van der Waals surface area contributed by atoms with E-state index in [1.54, 1.807) is 6.20 Å². The highest BCUT2D eigenvalue weighted by Crippen LogP contribution is 2.21. The van der Waals surface area contributed by atoms with Crippen molar-refractivity contribution in [1.82, 2.24) is 9.88 Å². The van der Waals surface area contributed by atoms with Crippen molar-refractivity contribution in [1.29, 1.82) is 0 Å². The standard InChI is InChI=1S/C15H22N2O2/c18-15(19)6-5-14-4-2-9-17(12-14)10-7-13-3-1-8-16-11-13/h1,3,8,11,14H,2,4-7,9-10,12H2,(H,18,19). The van der Waals surface area contributed by atoms with Gasteiger partial charge in [0, 0.05) is 31.9 Å².